The molecule has 3 heterocycles. The molecule has 144 valence electrons. The number of thioether (sulfide) groups is 1. The van der Waals surface area contributed by atoms with Gasteiger partial charge in [0.1, 0.15) is 11.3 Å². The third-order valence-electron chi connectivity index (χ3n) is 4.69. The summed E-state index contributed by atoms with van der Waals surface area (Å²) in [5.74, 6) is 2.05. The molecule has 0 fully saturated rings. The van der Waals surface area contributed by atoms with Gasteiger partial charge in [0.25, 0.3) is 11.1 Å². The second-order valence-electron chi connectivity index (χ2n) is 7.00. The van der Waals surface area contributed by atoms with E-state index >= 15 is 0 Å². The van der Waals surface area contributed by atoms with Crippen LogP contribution in [0, 0.1) is 13.8 Å². The van der Waals surface area contributed by atoms with Crippen LogP contribution in [0.2, 0.25) is 0 Å². The first-order chi connectivity index (χ1) is 13.4. The Balaban J connectivity index is 1.65. The lowest BCUT2D eigenvalue weighted by Crippen LogP contribution is -2.02. The summed E-state index contributed by atoms with van der Waals surface area (Å²) in [5.41, 5.74) is 4.26. The molecule has 7 heteroatoms. The first kappa shape index (κ1) is 18.6. The van der Waals surface area contributed by atoms with Crippen molar-refractivity contribution in [3.63, 3.8) is 0 Å². The summed E-state index contributed by atoms with van der Waals surface area (Å²) in [6, 6.07) is 7.38. The molecule has 6 nitrogen and oxygen atoms in total. The first-order valence-corrected chi connectivity index (χ1v) is 9.99. The number of nitrogens with zero attached hydrogens (tertiary/aromatic N) is 2. The van der Waals surface area contributed by atoms with Crippen LogP contribution in [0.15, 0.2) is 53.8 Å². The average Bonchev–Trinajstić information content (AvgIpc) is 3.27. The number of benzene rings is 1. The number of fused-ring (bicyclic) bond motifs is 1. The molecule has 0 saturated carbocycles. The molecular weight excluding hydrogens is 376 g/mol. The molecule has 0 aliphatic heterocycles. The van der Waals surface area contributed by atoms with Crippen LogP contribution in [0.1, 0.15) is 42.2 Å². The van der Waals surface area contributed by atoms with Crippen molar-refractivity contribution in [3.05, 3.63) is 63.4 Å². The van der Waals surface area contributed by atoms with E-state index < -0.39 is 0 Å². The van der Waals surface area contributed by atoms with Crippen LogP contribution in [0.25, 0.3) is 22.4 Å². The van der Waals surface area contributed by atoms with Gasteiger partial charge in [-0.3, -0.25) is 0 Å². The Morgan fingerprint density at radius 2 is 1.93 bits per heavy atom. The molecule has 1 aromatic carbocycles. The number of rotatable bonds is 5. The standard InChI is InChI=1S/C21H20N2O4S/c1-11(2)16-9-17-14(8-19(24)26-18(17)7-12(16)3)10-28-21-23-22-20(27-21)15-5-6-25-13(15)4/h5-9,11H,10H2,1-4H3. The molecule has 0 unspecified atom stereocenters. The Hall–Kier alpha value is -2.80. The summed E-state index contributed by atoms with van der Waals surface area (Å²) in [7, 11) is 0. The van der Waals surface area contributed by atoms with Gasteiger partial charge >= 0.3 is 5.63 Å². The summed E-state index contributed by atoms with van der Waals surface area (Å²) in [6.07, 6.45) is 1.59. The first-order valence-electron chi connectivity index (χ1n) is 9.00. The van der Waals surface area contributed by atoms with E-state index in [0.717, 1.165) is 27.8 Å². The van der Waals surface area contributed by atoms with Crippen molar-refractivity contribution in [3.8, 4) is 11.5 Å². The largest absolute Gasteiger partial charge is 0.469 e. The highest BCUT2D eigenvalue weighted by atomic mass is 32.2. The molecule has 0 radical (unpaired) electrons. The Bertz CT molecular complexity index is 1200. The summed E-state index contributed by atoms with van der Waals surface area (Å²) in [4.78, 5) is 12.0. The molecule has 0 aliphatic rings. The highest BCUT2D eigenvalue weighted by Crippen LogP contribution is 2.31. The van der Waals surface area contributed by atoms with Crippen LogP contribution >= 0.6 is 11.8 Å². The van der Waals surface area contributed by atoms with Crippen molar-refractivity contribution < 1.29 is 13.3 Å². The molecule has 0 saturated heterocycles. The van der Waals surface area contributed by atoms with Gasteiger partial charge in [0.05, 0.1) is 11.8 Å². The number of hydrogen-bond acceptors (Lipinski definition) is 7. The zero-order valence-corrected chi connectivity index (χ0v) is 16.9. The number of aryl methyl sites for hydroxylation is 2. The van der Waals surface area contributed by atoms with Crippen molar-refractivity contribution >= 4 is 22.7 Å². The molecule has 3 aromatic heterocycles. The van der Waals surface area contributed by atoms with E-state index in [4.69, 9.17) is 13.3 Å². The van der Waals surface area contributed by atoms with E-state index in [2.05, 4.69) is 30.1 Å². The minimum absolute atomic E-state index is 0.361. The fourth-order valence-electron chi connectivity index (χ4n) is 3.26. The Kier molecular flexibility index (Phi) is 4.85. The highest BCUT2D eigenvalue weighted by Gasteiger charge is 2.15. The topological polar surface area (TPSA) is 82.3 Å². The van der Waals surface area contributed by atoms with E-state index in [1.165, 1.54) is 23.4 Å². The van der Waals surface area contributed by atoms with Gasteiger partial charge in [-0.15, -0.1) is 10.2 Å². The lowest BCUT2D eigenvalue weighted by Gasteiger charge is -2.12. The minimum Gasteiger partial charge on any atom is -0.469 e. The van der Waals surface area contributed by atoms with Gasteiger partial charge in [-0.1, -0.05) is 25.6 Å². The van der Waals surface area contributed by atoms with E-state index in [1.807, 2.05) is 19.9 Å². The second-order valence-corrected chi connectivity index (χ2v) is 7.93. The van der Waals surface area contributed by atoms with Gasteiger partial charge in [-0.2, -0.15) is 0 Å². The average molecular weight is 396 g/mol. The zero-order chi connectivity index (χ0) is 19.8. The lowest BCUT2D eigenvalue weighted by molar-refractivity contribution is 0.463. The van der Waals surface area contributed by atoms with Crippen LogP contribution in [0.3, 0.4) is 0 Å². The fraction of sp³-hybridized carbons (Fsp3) is 0.286. The number of aromatic nitrogens is 2. The van der Waals surface area contributed by atoms with Crippen LogP contribution in [0.5, 0.6) is 0 Å². The summed E-state index contributed by atoms with van der Waals surface area (Å²) >= 11 is 1.39. The van der Waals surface area contributed by atoms with Crippen molar-refractivity contribution in [1.82, 2.24) is 10.2 Å². The summed E-state index contributed by atoms with van der Waals surface area (Å²) < 4.78 is 16.4. The molecule has 0 spiro atoms. The Morgan fingerprint density at radius 3 is 2.64 bits per heavy atom. The number of hydrogen-bond donors (Lipinski definition) is 0. The van der Waals surface area contributed by atoms with Crippen molar-refractivity contribution in [2.24, 2.45) is 0 Å². The van der Waals surface area contributed by atoms with E-state index in [9.17, 15) is 4.79 Å². The van der Waals surface area contributed by atoms with E-state index in [1.54, 1.807) is 12.3 Å². The maximum atomic E-state index is 12.0. The van der Waals surface area contributed by atoms with Crippen molar-refractivity contribution in [1.29, 1.82) is 0 Å². The molecular formula is C21H20N2O4S. The molecule has 4 aromatic rings. The predicted octanol–water partition coefficient (Wildman–Crippen LogP) is 5.47. The minimum atomic E-state index is -0.361. The van der Waals surface area contributed by atoms with Gasteiger partial charge in [0, 0.05) is 17.2 Å². The molecule has 28 heavy (non-hydrogen) atoms. The van der Waals surface area contributed by atoms with Gasteiger partial charge in [-0.05, 0) is 54.7 Å². The van der Waals surface area contributed by atoms with Crippen LogP contribution in [-0.4, -0.2) is 10.2 Å². The monoisotopic (exact) mass is 396 g/mol. The van der Waals surface area contributed by atoms with Gasteiger partial charge in [-0.25, -0.2) is 4.79 Å². The van der Waals surface area contributed by atoms with Gasteiger partial charge in [0.2, 0.25) is 0 Å². The fourth-order valence-corrected chi connectivity index (χ4v) is 4.01. The van der Waals surface area contributed by atoms with Crippen LogP contribution in [-0.2, 0) is 5.75 Å². The van der Waals surface area contributed by atoms with E-state index in [-0.39, 0.29) is 5.63 Å². The maximum absolute atomic E-state index is 12.0. The third-order valence-corrected chi connectivity index (χ3v) is 5.55. The summed E-state index contributed by atoms with van der Waals surface area (Å²) in [6.45, 7) is 8.18. The highest BCUT2D eigenvalue weighted by molar-refractivity contribution is 7.98. The van der Waals surface area contributed by atoms with Gasteiger partial charge in [0.15, 0.2) is 0 Å². The third kappa shape index (κ3) is 3.49. The molecule has 0 N–H and O–H groups in total. The zero-order valence-electron chi connectivity index (χ0n) is 16.1. The molecule has 4 rings (SSSR count). The smallest absolute Gasteiger partial charge is 0.336 e. The number of furan rings is 1. The van der Waals surface area contributed by atoms with Crippen LogP contribution in [0.4, 0.5) is 0 Å². The lowest BCUT2D eigenvalue weighted by atomic mass is 9.95. The van der Waals surface area contributed by atoms with E-state index in [0.29, 0.717) is 28.4 Å². The second kappa shape index (κ2) is 7.31. The maximum Gasteiger partial charge on any atom is 0.336 e. The predicted molar refractivity (Wildman–Crippen MR) is 108 cm³/mol. The van der Waals surface area contributed by atoms with Crippen molar-refractivity contribution in [2.75, 3.05) is 0 Å². The summed E-state index contributed by atoms with van der Waals surface area (Å²) in [5, 5.41) is 9.55. The molecule has 0 amide bonds. The van der Waals surface area contributed by atoms with Gasteiger partial charge < -0.3 is 13.3 Å². The SMILES string of the molecule is Cc1cc2oc(=O)cc(CSc3nnc(-c4ccoc4C)o3)c2cc1C(C)C. The van der Waals surface area contributed by atoms with Crippen molar-refractivity contribution in [2.45, 2.75) is 44.6 Å². The molecule has 0 aliphatic carbocycles. The molecule has 0 atom stereocenters. The molecule has 0 bridgehead atoms. The Morgan fingerprint density at radius 1 is 1.11 bits per heavy atom. The quantitative estimate of drug-likeness (QED) is 0.327. The normalized spacial score (nSPS) is 11.6. The van der Waals surface area contributed by atoms with Crippen LogP contribution < -0.4 is 5.63 Å². The Labute approximate surface area is 166 Å².